The van der Waals surface area contributed by atoms with Crippen LogP contribution in [0.1, 0.15) is 16.1 Å². The number of hydrogen-bond acceptors (Lipinski definition) is 6. The van der Waals surface area contributed by atoms with E-state index in [4.69, 9.17) is 14.1 Å². The number of ether oxygens (including phenoxy) is 1. The fourth-order valence-electron chi connectivity index (χ4n) is 3.18. The molecule has 0 bridgehead atoms. The molecule has 8 heteroatoms. The van der Waals surface area contributed by atoms with Crippen LogP contribution >= 0.6 is 23.7 Å². The molecule has 0 N–H and O–H groups in total. The van der Waals surface area contributed by atoms with Crippen molar-refractivity contribution in [3.05, 3.63) is 53.8 Å². The maximum absolute atomic E-state index is 13.4. The highest BCUT2D eigenvalue weighted by Gasteiger charge is 2.25. The third-order valence-electron chi connectivity index (χ3n) is 4.80. The van der Waals surface area contributed by atoms with E-state index in [1.165, 1.54) is 11.3 Å². The number of nitrogens with zero attached hydrogens (tertiary/aromatic N) is 3. The first-order valence-electron chi connectivity index (χ1n) is 9.37. The molecule has 4 aromatic rings. The normalized spacial score (nSPS) is 11.1. The molecule has 4 rings (SSSR count). The van der Waals surface area contributed by atoms with Crippen molar-refractivity contribution in [1.82, 2.24) is 9.88 Å². The minimum Gasteiger partial charge on any atom is -0.494 e. The average molecular weight is 446 g/mol. The van der Waals surface area contributed by atoms with Gasteiger partial charge in [-0.2, -0.15) is 0 Å². The Morgan fingerprint density at radius 2 is 1.93 bits per heavy atom. The molecule has 0 aliphatic rings. The zero-order valence-electron chi connectivity index (χ0n) is 17.3. The number of para-hydroxylation sites is 1. The minimum atomic E-state index is -0.196. The summed E-state index contributed by atoms with van der Waals surface area (Å²) < 4.78 is 12.3. The Hall–Kier alpha value is -2.61. The number of halogens is 1. The van der Waals surface area contributed by atoms with Crippen LogP contribution in [0.15, 0.2) is 46.9 Å². The molecule has 2 heterocycles. The van der Waals surface area contributed by atoms with E-state index in [-0.39, 0.29) is 18.3 Å². The minimum absolute atomic E-state index is 0. The molecule has 0 saturated carbocycles. The van der Waals surface area contributed by atoms with Gasteiger partial charge in [0.2, 0.25) is 0 Å². The number of anilines is 1. The van der Waals surface area contributed by atoms with Gasteiger partial charge < -0.3 is 14.1 Å². The zero-order chi connectivity index (χ0) is 20.5. The molecule has 0 saturated heterocycles. The van der Waals surface area contributed by atoms with Crippen molar-refractivity contribution in [2.45, 2.75) is 6.92 Å². The van der Waals surface area contributed by atoms with Gasteiger partial charge in [0.1, 0.15) is 16.8 Å². The lowest BCUT2D eigenvalue weighted by atomic mass is 10.2. The average Bonchev–Trinajstić information content (AvgIpc) is 3.33. The van der Waals surface area contributed by atoms with Gasteiger partial charge in [-0.05, 0) is 44.8 Å². The van der Waals surface area contributed by atoms with E-state index in [0.717, 1.165) is 21.2 Å². The van der Waals surface area contributed by atoms with Crippen LogP contribution in [0.5, 0.6) is 5.75 Å². The molecule has 2 aromatic carbocycles. The van der Waals surface area contributed by atoms with Crippen molar-refractivity contribution in [2.24, 2.45) is 0 Å². The number of methoxy groups -OCH3 is 1. The topological polar surface area (TPSA) is 58.8 Å². The van der Waals surface area contributed by atoms with Gasteiger partial charge in [-0.3, -0.25) is 9.69 Å². The van der Waals surface area contributed by atoms with Crippen LogP contribution in [0.25, 0.3) is 21.2 Å². The van der Waals surface area contributed by atoms with Gasteiger partial charge in [-0.1, -0.05) is 35.6 Å². The largest absolute Gasteiger partial charge is 0.494 e. The predicted octanol–water partition coefficient (Wildman–Crippen LogP) is 4.99. The number of hydrogen-bond donors (Lipinski definition) is 0. The van der Waals surface area contributed by atoms with E-state index < -0.39 is 0 Å². The molecule has 0 unspecified atom stereocenters. The summed E-state index contributed by atoms with van der Waals surface area (Å²) in [7, 11) is 5.59. The third kappa shape index (κ3) is 4.14. The highest BCUT2D eigenvalue weighted by molar-refractivity contribution is 7.22. The SMILES string of the molecule is COc1ccc(C)c2sc(N(CCN(C)C)C(=O)c3cc4ccccc4o3)nc12.Cl. The number of furan rings is 1. The van der Waals surface area contributed by atoms with Crippen molar-refractivity contribution in [2.75, 3.05) is 39.2 Å². The number of amides is 1. The van der Waals surface area contributed by atoms with Crippen LogP contribution in [0, 0.1) is 6.92 Å². The van der Waals surface area contributed by atoms with Crippen LogP contribution in [0.2, 0.25) is 0 Å². The number of benzene rings is 2. The van der Waals surface area contributed by atoms with Crippen LogP contribution in [-0.2, 0) is 0 Å². The summed E-state index contributed by atoms with van der Waals surface area (Å²) in [5.74, 6) is 0.823. The summed E-state index contributed by atoms with van der Waals surface area (Å²) in [6, 6.07) is 13.3. The van der Waals surface area contributed by atoms with Gasteiger partial charge in [0.15, 0.2) is 10.9 Å². The van der Waals surface area contributed by atoms with Crippen molar-refractivity contribution < 1.29 is 13.9 Å². The number of likely N-dealkylation sites (N-methyl/N-ethyl adjacent to an activating group) is 1. The molecule has 0 fully saturated rings. The lowest BCUT2D eigenvalue weighted by Gasteiger charge is -2.20. The standard InChI is InChI=1S/C22H23N3O3S.ClH/c1-14-9-10-17(27-4)19-20(14)29-22(23-19)25(12-11-24(2)3)21(26)18-13-15-7-5-6-8-16(15)28-18;/h5-10,13H,11-12H2,1-4H3;1H. The Bertz CT molecular complexity index is 1150. The molecule has 0 aliphatic carbocycles. The molecule has 0 spiro atoms. The lowest BCUT2D eigenvalue weighted by Crippen LogP contribution is -2.36. The summed E-state index contributed by atoms with van der Waals surface area (Å²) in [5.41, 5.74) is 2.58. The molecule has 0 aliphatic heterocycles. The van der Waals surface area contributed by atoms with Gasteiger partial charge in [-0.15, -0.1) is 12.4 Å². The summed E-state index contributed by atoms with van der Waals surface area (Å²) in [6.07, 6.45) is 0. The van der Waals surface area contributed by atoms with Crippen molar-refractivity contribution in [3.63, 3.8) is 0 Å². The lowest BCUT2D eigenvalue weighted by molar-refractivity contribution is 0.0960. The molecular weight excluding hydrogens is 422 g/mol. The smallest absolute Gasteiger partial charge is 0.295 e. The van der Waals surface area contributed by atoms with E-state index in [2.05, 4.69) is 0 Å². The number of carbonyl (C=O) groups excluding carboxylic acids is 1. The first kappa shape index (κ1) is 22.1. The van der Waals surface area contributed by atoms with E-state index in [9.17, 15) is 4.79 Å². The van der Waals surface area contributed by atoms with Crippen molar-refractivity contribution in [3.8, 4) is 5.75 Å². The van der Waals surface area contributed by atoms with Crippen LogP contribution in [-0.4, -0.2) is 50.1 Å². The van der Waals surface area contributed by atoms with Crippen molar-refractivity contribution >= 4 is 56.0 Å². The van der Waals surface area contributed by atoms with Crippen LogP contribution < -0.4 is 9.64 Å². The molecule has 2 aromatic heterocycles. The second kappa shape index (κ2) is 9.04. The third-order valence-corrected chi connectivity index (χ3v) is 6.01. The second-order valence-corrected chi connectivity index (χ2v) is 8.14. The summed E-state index contributed by atoms with van der Waals surface area (Å²) in [4.78, 5) is 21.9. The van der Waals surface area contributed by atoms with Gasteiger partial charge in [0.05, 0.1) is 11.8 Å². The summed E-state index contributed by atoms with van der Waals surface area (Å²) >= 11 is 1.50. The molecule has 1 amide bonds. The summed E-state index contributed by atoms with van der Waals surface area (Å²) in [5, 5.41) is 1.55. The number of carbonyl (C=O) groups is 1. The summed E-state index contributed by atoms with van der Waals surface area (Å²) in [6.45, 7) is 3.25. The molecule has 6 nitrogen and oxygen atoms in total. The van der Waals surface area contributed by atoms with E-state index in [0.29, 0.717) is 35.3 Å². The maximum atomic E-state index is 13.4. The Morgan fingerprint density at radius 3 is 2.63 bits per heavy atom. The fourth-order valence-corrected chi connectivity index (χ4v) is 4.26. The van der Waals surface area contributed by atoms with Crippen molar-refractivity contribution in [1.29, 1.82) is 0 Å². The molecule has 0 atom stereocenters. The Morgan fingerprint density at radius 1 is 1.17 bits per heavy atom. The Labute approximate surface area is 185 Å². The monoisotopic (exact) mass is 445 g/mol. The van der Waals surface area contributed by atoms with Gasteiger partial charge >= 0.3 is 0 Å². The van der Waals surface area contributed by atoms with Crippen LogP contribution in [0.3, 0.4) is 0 Å². The Balaban J connectivity index is 0.00000256. The van der Waals surface area contributed by atoms with E-state index in [1.807, 2.05) is 62.3 Å². The number of aromatic nitrogens is 1. The maximum Gasteiger partial charge on any atom is 0.295 e. The highest BCUT2D eigenvalue weighted by atomic mass is 35.5. The molecule has 30 heavy (non-hydrogen) atoms. The van der Waals surface area contributed by atoms with Gasteiger partial charge in [0, 0.05) is 18.5 Å². The number of aryl methyl sites for hydroxylation is 1. The van der Waals surface area contributed by atoms with Crippen LogP contribution in [0.4, 0.5) is 5.13 Å². The zero-order valence-corrected chi connectivity index (χ0v) is 19.0. The first-order chi connectivity index (χ1) is 14.0. The quantitative estimate of drug-likeness (QED) is 0.418. The highest BCUT2D eigenvalue weighted by Crippen LogP contribution is 2.37. The number of thiazole rings is 1. The van der Waals surface area contributed by atoms with Gasteiger partial charge in [0.25, 0.3) is 5.91 Å². The van der Waals surface area contributed by atoms with E-state index >= 15 is 0 Å². The number of rotatable bonds is 6. The molecular formula is C22H24ClN3O3S. The predicted molar refractivity (Wildman–Crippen MR) is 125 cm³/mol. The Kier molecular flexibility index (Phi) is 6.65. The first-order valence-corrected chi connectivity index (χ1v) is 10.2. The fraction of sp³-hybridized carbons (Fsp3) is 0.273. The van der Waals surface area contributed by atoms with Gasteiger partial charge in [-0.25, -0.2) is 4.98 Å². The van der Waals surface area contributed by atoms with E-state index in [1.54, 1.807) is 18.1 Å². The molecule has 0 radical (unpaired) electrons. The number of fused-ring (bicyclic) bond motifs is 2. The second-order valence-electron chi connectivity index (χ2n) is 7.17. The molecule has 158 valence electrons.